The lowest BCUT2D eigenvalue weighted by Crippen LogP contribution is -2.13. The predicted octanol–water partition coefficient (Wildman–Crippen LogP) is 30.8. The first-order valence-corrected chi connectivity index (χ1v) is 47.2. The van der Waals surface area contributed by atoms with Crippen molar-refractivity contribution >= 4 is 189 Å². The molecule has 7 heterocycles. The molecule has 7 aromatic heterocycles. The number of imidazole rings is 5. The summed E-state index contributed by atoms with van der Waals surface area (Å²) in [4.78, 5) is 27.0. The van der Waals surface area contributed by atoms with Crippen LogP contribution in [0.15, 0.2) is 296 Å². The summed E-state index contributed by atoms with van der Waals surface area (Å²) in [6, 6.07) is 58.8. The molecular formula is C99H94Cl11N11O5S3. The van der Waals surface area contributed by atoms with E-state index >= 15 is 0 Å². The maximum Gasteiger partial charge on any atom is 0.147 e. The Kier molecular flexibility index (Phi) is 39.8. The van der Waals surface area contributed by atoms with Gasteiger partial charge in [0.25, 0.3) is 0 Å². The molecule has 0 aliphatic rings. The molecule has 16 rings (SSSR count). The molecule has 9 aromatic carbocycles. The molecule has 0 amide bonds. The topological polar surface area (TPSA) is 148 Å². The van der Waals surface area contributed by atoms with Gasteiger partial charge in [-0.1, -0.05) is 248 Å². The Labute approximate surface area is 820 Å². The number of oxime groups is 1. The van der Waals surface area contributed by atoms with Crippen LogP contribution in [0.5, 0.6) is 5.75 Å². The van der Waals surface area contributed by atoms with E-state index < -0.39 is 0 Å². The number of rotatable bonds is 32. The minimum atomic E-state index is -0.179. The molecule has 0 aliphatic carbocycles. The third-order valence-corrected chi connectivity index (χ3v) is 27.0. The summed E-state index contributed by atoms with van der Waals surface area (Å²) in [7, 11) is 0. The lowest BCUT2D eigenvalue weighted by atomic mass is 10.1. The number of nitrogens with zero attached hydrogens (tertiary/aromatic N) is 11. The summed E-state index contributed by atoms with van der Waals surface area (Å²) in [5.41, 5.74) is 15.2. The van der Waals surface area contributed by atoms with Crippen LogP contribution in [0.1, 0.15) is 105 Å². The number of aryl methyl sites for hydroxylation is 6. The monoisotopic (exact) mass is 2000 g/mol. The number of aromatic nitrogens is 10. The first kappa shape index (κ1) is 101. The largest absolute Gasteiger partial charge is 0.490 e. The maximum atomic E-state index is 6.52. The molecule has 0 spiro atoms. The molecule has 30 heteroatoms. The van der Waals surface area contributed by atoms with Crippen molar-refractivity contribution in [3.63, 3.8) is 0 Å². The summed E-state index contributed by atoms with van der Waals surface area (Å²) in [6.45, 7) is 16.7. The van der Waals surface area contributed by atoms with Crippen molar-refractivity contribution in [2.75, 3.05) is 13.2 Å². The quantitative estimate of drug-likeness (QED) is 0.0130. The van der Waals surface area contributed by atoms with Gasteiger partial charge in [0.05, 0.1) is 104 Å². The second-order valence-electron chi connectivity index (χ2n) is 29.6. The summed E-state index contributed by atoms with van der Waals surface area (Å²) >= 11 is 74.0. The van der Waals surface area contributed by atoms with Crippen LogP contribution in [0.4, 0.5) is 0 Å². The fourth-order valence-electron chi connectivity index (χ4n) is 13.0. The van der Waals surface area contributed by atoms with Crippen LogP contribution in [0.25, 0.3) is 21.5 Å². The average molecular weight is 2000 g/mol. The Hall–Kier alpha value is -9.04. The van der Waals surface area contributed by atoms with Crippen LogP contribution < -0.4 is 4.74 Å². The fraction of sp³-hybridized carbons (Fsp3) is 0.212. The van der Waals surface area contributed by atoms with Crippen LogP contribution in [0.3, 0.4) is 0 Å². The Balaban J connectivity index is 0.000000156. The van der Waals surface area contributed by atoms with E-state index in [0.717, 1.165) is 116 Å². The van der Waals surface area contributed by atoms with Gasteiger partial charge in [0, 0.05) is 137 Å². The van der Waals surface area contributed by atoms with Crippen molar-refractivity contribution in [1.29, 1.82) is 0 Å². The van der Waals surface area contributed by atoms with Crippen molar-refractivity contribution in [3.05, 3.63) is 413 Å². The van der Waals surface area contributed by atoms with Gasteiger partial charge in [-0.25, -0.2) is 24.9 Å². The molecule has 0 fully saturated rings. The number of allylic oxidation sites excluding steroid dienone is 1. The van der Waals surface area contributed by atoms with E-state index in [1.54, 1.807) is 97.5 Å². The molecule has 16 aromatic rings. The minimum absolute atomic E-state index is 0. The number of hydrogen-bond acceptors (Lipinski definition) is 14. The van der Waals surface area contributed by atoms with Gasteiger partial charge in [0.15, 0.2) is 0 Å². The highest BCUT2D eigenvalue weighted by atomic mass is 35.5. The first-order chi connectivity index (χ1) is 61.9. The van der Waals surface area contributed by atoms with Crippen LogP contribution in [0, 0.1) is 34.6 Å². The molecule has 0 saturated heterocycles. The van der Waals surface area contributed by atoms with E-state index in [0.29, 0.717) is 103 Å². The predicted molar refractivity (Wildman–Crippen MR) is 539 cm³/mol. The highest BCUT2D eigenvalue weighted by Crippen LogP contribution is 2.41. The maximum absolute atomic E-state index is 6.52. The zero-order valence-corrected chi connectivity index (χ0v) is 81.3. The van der Waals surface area contributed by atoms with Crippen LogP contribution in [-0.4, -0.2) is 71.9 Å². The fourth-order valence-corrected chi connectivity index (χ4v) is 19.1. The number of benzene rings is 9. The normalized spacial score (nSPS) is 12.1. The third kappa shape index (κ3) is 30.8. The molecule has 0 aliphatic heterocycles. The second kappa shape index (κ2) is 51.1. The van der Waals surface area contributed by atoms with E-state index in [9.17, 15) is 0 Å². The van der Waals surface area contributed by atoms with Gasteiger partial charge in [0.2, 0.25) is 0 Å². The molecule has 3 unspecified atom stereocenters. The van der Waals surface area contributed by atoms with Gasteiger partial charge in [-0.15, -0.1) is 34.4 Å². The Morgan fingerprint density at radius 3 is 1.51 bits per heavy atom. The van der Waals surface area contributed by atoms with Gasteiger partial charge < -0.3 is 46.6 Å². The number of hydrogen-bond donors (Lipinski definition) is 0. The Bertz CT molecular complexity index is 6200. The second-order valence-corrected chi connectivity index (χ2v) is 37.5. The Morgan fingerprint density at radius 2 is 0.961 bits per heavy atom. The highest BCUT2D eigenvalue weighted by Gasteiger charge is 2.23. The van der Waals surface area contributed by atoms with Gasteiger partial charge in [0.1, 0.15) is 49.2 Å². The molecule has 3 atom stereocenters. The highest BCUT2D eigenvalue weighted by molar-refractivity contribution is 8.00. The number of ether oxygens (including phenoxy) is 4. The van der Waals surface area contributed by atoms with E-state index in [-0.39, 0.29) is 26.2 Å². The summed E-state index contributed by atoms with van der Waals surface area (Å²) in [5, 5.41) is 16.4. The van der Waals surface area contributed by atoms with Crippen molar-refractivity contribution in [3.8, 4) is 5.75 Å². The molecule has 0 radical (unpaired) electrons. The van der Waals surface area contributed by atoms with Crippen LogP contribution in [-0.2, 0) is 71.5 Å². The zero-order chi connectivity index (χ0) is 90.4. The molecular weight excluding hydrogens is 1910 g/mol. The van der Waals surface area contributed by atoms with Gasteiger partial charge >= 0.3 is 0 Å². The molecule has 670 valence electrons. The van der Waals surface area contributed by atoms with Gasteiger partial charge in [-0.2, -0.15) is 0 Å². The van der Waals surface area contributed by atoms with Crippen molar-refractivity contribution in [2.45, 2.75) is 130 Å². The Morgan fingerprint density at radius 1 is 0.450 bits per heavy atom. The number of halogens is 11. The van der Waals surface area contributed by atoms with Gasteiger partial charge in [-0.05, 0) is 183 Å². The molecule has 0 N–H and O–H groups in total. The molecule has 0 bridgehead atoms. The number of thiophene rings is 2. The van der Waals surface area contributed by atoms with Crippen molar-refractivity contribution < 1.29 is 23.8 Å². The molecule has 16 nitrogen and oxygen atoms in total. The number of fused-ring (bicyclic) bond motifs is 1. The van der Waals surface area contributed by atoms with E-state index in [4.69, 9.17) is 151 Å². The van der Waals surface area contributed by atoms with Crippen LogP contribution >= 0.6 is 162 Å². The first-order valence-electron chi connectivity index (χ1n) is 40.4. The van der Waals surface area contributed by atoms with Crippen molar-refractivity contribution in [2.24, 2.45) is 5.16 Å². The van der Waals surface area contributed by atoms with E-state index in [1.807, 2.05) is 223 Å². The van der Waals surface area contributed by atoms with E-state index in [1.165, 1.54) is 28.0 Å². The summed E-state index contributed by atoms with van der Waals surface area (Å²) in [5.74, 6) is 1.47. The zero-order valence-electron chi connectivity index (χ0n) is 70.5. The lowest BCUT2D eigenvalue weighted by molar-refractivity contribution is 0.0282. The van der Waals surface area contributed by atoms with E-state index in [2.05, 4.69) is 83.3 Å². The number of thioether (sulfide) groups is 1. The lowest BCUT2D eigenvalue weighted by Gasteiger charge is -2.20. The van der Waals surface area contributed by atoms with Crippen molar-refractivity contribution in [1.82, 2.24) is 47.8 Å². The SMILES string of the molecule is C.C/C(=C(/OCCOc1ccc(C)cc1)c1ccc(Cl)cc1Cl)n1ccnc1.Cc1ccc(/C(Cn2ccnc2)=N/OCc2ccc(Cl)cc2Cl)c(Cl)c1.Cc1ccc(C(Cn2ccnc2)OCc2ccsc2Cl)c(Cl)c1.Cc1ccc(C(Cn2ccnc2)OCc2csc3c(Cl)cccc23)c(Cl)c1.Cc1ccc(CCC(Cn2ccnc2)Sc2c(Cl)cccc2Cl)cc1. The van der Waals surface area contributed by atoms with Gasteiger partial charge in [-0.3, -0.25) is 0 Å². The summed E-state index contributed by atoms with van der Waals surface area (Å²) < 4.78 is 36.0. The third-order valence-electron chi connectivity index (χ3n) is 19.9. The minimum Gasteiger partial charge on any atom is -0.490 e. The summed E-state index contributed by atoms with van der Waals surface area (Å²) in [6.07, 6.45) is 28.8. The smallest absolute Gasteiger partial charge is 0.147 e. The van der Waals surface area contributed by atoms with Crippen LogP contribution in [0.2, 0.25) is 54.6 Å². The molecule has 0 saturated carbocycles. The molecule has 129 heavy (non-hydrogen) atoms. The standard InChI is InChI=1S/C21H20Cl2N2O2.C21H18Cl2N2OS.C20H20Cl2N2S.C19H16Cl3N3O.C17H16Cl2N2OS.CH4/c1-15-3-6-18(7-4-15)26-11-12-27-21(16(2)25-10-9-24-14-25)19-8-5-17(22)13-20(19)23;1-14-5-6-17(19(23)9-14)20(10-25-8-7-24-13-25)26-11-15-12-27-21-16(15)3-2-4-18(21)22;1-15-5-7-16(8-6-15)9-10-17(13-24-12-11-23-14-24)25-20-18(21)3-2-4-19(20)22;1-13-2-5-16(18(22)8-13)19(10-25-7-6-23-12-25)24-26-11-14-3-4-15(20)9-17(14)21;1-12-2-3-14(15(18)8-12)16(9-21-6-5-20-11-21)22-10-13-4-7-23-17(13)19;/h3-10,13-14H,11-12H2,1-2H3;2-9,12-13,20H,10-11H2,1H3;2-8,11-12,14,17H,9-10,13H2,1H3;2-9,12H,10-11H2,1H3;2-8,11,16H,9-10H2,1H3;1H4/b21-16-;;;24-19+;;. The average Bonchev–Trinajstić information content (AvgIpc) is 1.67.